The zero-order valence-corrected chi connectivity index (χ0v) is 18.8. The molecule has 0 atom stereocenters. The van der Waals surface area contributed by atoms with Gasteiger partial charge in [0.2, 0.25) is 5.88 Å². The molecule has 0 amide bonds. The van der Waals surface area contributed by atoms with E-state index in [1.807, 2.05) is 17.4 Å². The number of anilines is 2. The molecule has 7 heteroatoms. The van der Waals surface area contributed by atoms with Crippen LogP contribution in [0.4, 0.5) is 11.6 Å². The molecule has 0 aliphatic heterocycles. The third kappa shape index (κ3) is 5.41. The molecule has 3 aromatic rings. The predicted molar refractivity (Wildman–Crippen MR) is 122 cm³/mol. The number of thiazole rings is 1. The topological polar surface area (TPSA) is 63.0 Å². The molecule has 5 nitrogen and oxygen atoms in total. The summed E-state index contributed by atoms with van der Waals surface area (Å²) in [4.78, 5) is 7.20. The van der Waals surface area contributed by atoms with Gasteiger partial charge in [-0.1, -0.05) is 30.5 Å². The number of aromatic nitrogens is 2. The summed E-state index contributed by atoms with van der Waals surface area (Å²) in [5.41, 5.74) is 2.20. The third-order valence-corrected chi connectivity index (χ3v) is 7.36. The van der Waals surface area contributed by atoms with E-state index in [0.717, 1.165) is 5.69 Å². The summed E-state index contributed by atoms with van der Waals surface area (Å²) in [6, 6.07) is 8.22. The molecule has 2 heterocycles. The van der Waals surface area contributed by atoms with Crippen LogP contribution in [0.3, 0.4) is 0 Å². The smallest absolute Gasteiger partial charge is 0.228 e. The summed E-state index contributed by atoms with van der Waals surface area (Å²) in [5, 5.41) is 8.33. The largest absolute Gasteiger partial charge is 0.339 e. The lowest BCUT2D eigenvalue weighted by Crippen LogP contribution is -2.29. The maximum atomic E-state index is 5.19. The summed E-state index contributed by atoms with van der Waals surface area (Å²) in [6.07, 6.45) is 10.3. The van der Waals surface area contributed by atoms with Gasteiger partial charge < -0.3 is 9.84 Å². The second-order valence-electron chi connectivity index (χ2n) is 8.56. The monoisotopic (exact) mass is 428 g/mol. The van der Waals surface area contributed by atoms with E-state index in [1.165, 1.54) is 52.4 Å². The van der Waals surface area contributed by atoms with Crippen molar-refractivity contribution in [1.82, 2.24) is 14.9 Å². The van der Waals surface area contributed by atoms with Crippen molar-refractivity contribution < 1.29 is 4.52 Å². The maximum Gasteiger partial charge on any atom is 0.228 e. The number of rotatable bonds is 6. The molecule has 1 aliphatic rings. The van der Waals surface area contributed by atoms with E-state index in [0.29, 0.717) is 11.8 Å². The fourth-order valence-corrected chi connectivity index (χ4v) is 5.55. The van der Waals surface area contributed by atoms with Gasteiger partial charge in [-0.05, 0) is 57.7 Å². The van der Waals surface area contributed by atoms with Crippen LogP contribution in [0, 0.1) is 0 Å². The molecule has 1 fully saturated rings. The van der Waals surface area contributed by atoms with Crippen molar-refractivity contribution in [2.45, 2.75) is 69.2 Å². The van der Waals surface area contributed by atoms with Gasteiger partial charge in [0.1, 0.15) is 0 Å². The zero-order chi connectivity index (χ0) is 20.3. The lowest BCUT2D eigenvalue weighted by atomic mass is 9.90. The van der Waals surface area contributed by atoms with Gasteiger partial charge in [-0.3, -0.25) is 4.72 Å². The van der Waals surface area contributed by atoms with Crippen LogP contribution in [-0.2, 0) is 0 Å². The molecular weight excluding hydrogens is 400 g/mol. The average molecular weight is 429 g/mol. The number of hydrogen-bond donors (Lipinski definition) is 2. The summed E-state index contributed by atoms with van der Waals surface area (Å²) in [5.74, 6) is 1.27. The summed E-state index contributed by atoms with van der Waals surface area (Å²) < 4.78 is 8.73. The zero-order valence-electron chi connectivity index (χ0n) is 17.2. The molecule has 2 aromatic heterocycles. The Balaban J connectivity index is 1.61. The first-order valence-corrected chi connectivity index (χ1v) is 11.8. The Labute approximate surface area is 180 Å². The quantitative estimate of drug-likeness (QED) is 0.413. The highest BCUT2D eigenvalue weighted by Crippen LogP contribution is 2.41. The molecule has 1 aromatic carbocycles. The SMILES string of the molecule is CC(C)(C)NSc1cc(Nc2ccno2)ccc1-c1cnc(C2CCCCC2)s1. The molecule has 154 valence electrons. The Kier molecular flexibility index (Phi) is 6.27. The van der Waals surface area contributed by atoms with Gasteiger partial charge in [0.25, 0.3) is 0 Å². The lowest BCUT2D eigenvalue weighted by molar-refractivity contribution is 0.435. The molecule has 1 saturated carbocycles. The van der Waals surface area contributed by atoms with E-state index in [9.17, 15) is 0 Å². The van der Waals surface area contributed by atoms with E-state index in [4.69, 9.17) is 9.51 Å². The van der Waals surface area contributed by atoms with Crippen molar-refractivity contribution in [3.8, 4) is 10.4 Å². The first-order valence-electron chi connectivity index (χ1n) is 10.2. The minimum absolute atomic E-state index is 0.0112. The number of nitrogens with zero attached hydrogens (tertiary/aromatic N) is 2. The molecule has 0 unspecified atom stereocenters. The maximum absolute atomic E-state index is 5.19. The molecule has 4 rings (SSSR count). The Morgan fingerprint density at radius 1 is 1.14 bits per heavy atom. The van der Waals surface area contributed by atoms with Crippen LogP contribution in [0.25, 0.3) is 10.4 Å². The van der Waals surface area contributed by atoms with E-state index < -0.39 is 0 Å². The number of benzene rings is 1. The van der Waals surface area contributed by atoms with Crippen LogP contribution in [-0.4, -0.2) is 15.7 Å². The lowest BCUT2D eigenvalue weighted by Gasteiger charge is -2.21. The van der Waals surface area contributed by atoms with Crippen LogP contribution in [0.15, 0.2) is 46.1 Å². The Morgan fingerprint density at radius 3 is 2.69 bits per heavy atom. The standard InChI is InChI=1S/C22H28N4OS2/c1-22(2,3)26-29-18-13-16(25-20-11-12-24-27-20)9-10-17(18)19-14-23-21(28-19)15-7-5-4-6-8-15/h9-15,25-26H,4-8H2,1-3H3. The highest BCUT2D eigenvalue weighted by molar-refractivity contribution is 7.97. The van der Waals surface area contributed by atoms with Crippen LogP contribution in [0.5, 0.6) is 0 Å². The third-order valence-electron chi connectivity index (χ3n) is 4.90. The fourth-order valence-electron chi connectivity index (χ4n) is 3.47. The second-order valence-corrected chi connectivity index (χ2v) is 10.5. The van der Waals surface area contributed by atoms with Gasteiger partial charge in [-0.2, -0.15) is 0 Å². The van der Waals surface area contributed by atoms with Crippen molar-refractivity contribution in [2.24, 2.45) is 0 Å². The van der Waals surface area contributed by atoms with Gasteiger partial charge in [0.05, 0.1) is 16.1 Å². The van der Waals surface area contributed by atoms with Crippen LogP contribution in [0.1, 0.15) is 63.8 Å². The van der Waals surface area contributed by atoms with E-state index in [-0.39, 0.29) is 5.54 Å². The van der Waals surface area contributed by atoms with E-state index in [2.05, 4.69) is 60.4 Å². The molecule has 29 heavy (non-hydrogen) atoms. The van der Waals surface area contributed by atoms with Gasteiger partial charge in [-0.15, -0.1) is 11.3 Å². The van der Waals surface area contributed by atoms with E-state index in [1.54, 1.807) is 18.1 Å². The fraction of sp³-hybridized carbons (Fsp3) is 0.455. The summed E-state index contributed by atoms with van der Waals surface area (Å²) >= 11 is 3.51. The molecular formula is C22H28N4OS2. The van der Waals surface area contributed by atoms with Gasteiger partial charge in [0.15, 0.2) is 0 Å². The number of hydrogen-bond acceptors (Lipinski definition) is 7. The van der Waals surface area contributed by atoms with E-state index >= 15 is 0 Å². The highest BCUT2D eigenvalue weighted by Gasteiger charge is 2.20. The first kappa shape index (κ1) is 20.4. The minimum Gasteiger partial charge on any atom is -0.339 e. The van der Waals surface area contributed by atoms with Crippen molar-refractivity contribution in [2.75, 3.05) is 5.32 Å². The van der Waals surface area contributed by atoms with Gasteiger partial charge in [-0.25, -0.2) is 4.98 Å². The second kappa shape index (κ2) is 8.90. The number of nitrogens with one attached hydrogen (secondary N) is 2. The van der Waals surface area contributed by atoms with Crippen molar-refractivity contribution in [3.05, 3.63) is 41.7 Å². The average Bonchev–Trinajstić information content (AvgIpc) is 3.39. The van der Waals surface area contributed by atoms with Crippen molar-refractivity contribution >= 4 is 34.9 Å². The summed E-state index contributed by atoms with van der Waals surface area (Å²) in [6.45, 7) is 6.51. The molecule has 0 bridgehead atoms. The molecule has 1 aliphatic carbocycles. The Hall–Kier alpha value is -1.83. The van der Waals surface area contributed by atoms with Crippen LogP contribution in [0.2, 0.25) is 0 Å². The van der Waals surface area contributed by atoms with Crippen LogP contribution >= 0.6 is 23.3 Å². The molecule has 0 saturated heterocycles. The molecule has 0 spiro atoms. The van der Waals surface area contributed by atoms with Crippen molar-refractivity contribution in [1.29, 1.82) is 0 Å². The predicted octanol–water partition coefficient (Wildman–Crippen LogP) is 6.98. The Morgan fingerprint density at radius 2 is 1.97 bits per heavy atom. The Bertz CT molecular complexity index is 925. The van der Waals surface area contributed by atoms with Crippen molar-refractivity contribution in [3.63, 3.8) is 0 Å². The first-order chi connectivity index (χ1) is 14.0. The van der Waals surface area contributed by atoms with Gasteiger partial charge in [0, 0.05) is 39.9 Å². The summed E-state index contributed by atoms with van der Waals surface area (Å²) in [7, 11) is 0. The highest BCUT2D eigenvalue weighted by atomic mass is 32.2. The van der Waals surface area contributed by atoms with Crippen LogP contribution < -0.4 is 10.0 Å². The van der Waals surface area contributed by atoms with Gasteiger partial charge >= 0.3 is 0 Å². The molecule has 2 N–H and O–H groups in total. The minimum atomic E-state index is 0.0112. The molecule has 0 radical (unpaired) electrons. The normalized spacial score (nSPS) is 15.6.